The average Bonchev–Trinajstić information content (AvgIpc) is 2.57. The van der Waals surface area contributed by atoms with Crippen molar-refractivity contribution >= 4 is 17.6 Å². The molecule has 0 aromatic carbocycles. The van der Waals surface area contributed by atoms with E-state index in [0.717, 1.165) is 36.9 Å². The van der Waals surface area contributed by atoms with Crippen molar-refractivity contribution in [1.29, 1.82) is 0 Å². The molecule has 16 heavy (non-hydrogen) atoms. The minimum atomic E-state index is -0.288. The van der Waals surface area contributed by atoms with E-state index in [-0.39, 0.29) is 12.5 Å². The lowest BCUT2D eigenvalue weighted by Gasteiger charge is -2.07. The Kier molecular flexibility index (Phi) is 3.49. The average molecular weight is 243 g/mol. The van der Waals surface area contributed by atoms with Gasteiger partial charge in [-0.15, -0.1) is 0 Å². The molecule has 0 bridgehead atoms. The summed E-state index contributed by atoms with van der Waals surface area (Å²) in [7, 11) is 0. The first-order chi connectivity index (χ1) is 7.72. The number of aryl methyl sites for hydroxylation is 1. The fourth-order valence-electron chi connectivity index (χ4n) is 2.00. The second-order valence-corrected chi connectivity index (χ2v) is 4.24. The number of nitrogens with zero attached hydrogens (tertiary/aromatic N) is 2. The van der Waals surface area contributed by atoms with Crippen LogP contribution in [0.1, 0.15) is 31.0 Å². The predicted octanol–water partition coefficient (Wildman–Crippen LogP) is 1.98. The normalized spacial score (nSPS) is 14.6. The number of aromatic nitrogens is 2. The molecule has 1 aliphatic carbocycles. The Labute approximate surface area is 99.5 Å². The molecule has 0 saturated carbocycles. The monoisotopic (exact) mass is 242 g/mol. The van der Waals surface area contributed by atoms with Gasteiger partial charge in [0.15, 0.2) is 0 Å². The third-order valence-electron chi connectivity index (χ3n) is 2.74. The van der Waals surface area contributed by atoms with Gasteiger partial charge in [-0.1, -0.05) is 11.6 Å². The van der Waals surface area contributed by atoms with Crippen LogP contribution in [0.3, 0.4) is 0 Å². The fraction of sp³-hybridized carbons (Fsp3) is 0.636. The van der Waals surface area contributed by atoms with Crippen LogP contribution in [0.4, 0.5) is 0 Å². The van der Waals surface area contributed by atoms with Crippen LogP contribution in [0.2, 0.25) is 5.15 Å². The highest BCUT2D eigenvalue weighted by molar-refractivity contribution is 6.30. The maximum atomic E-state index is 11.3. The number of hydrogen-bond donors (Lipinski definition) is 0. The van der Waals surface area contributed by atoms with Crippen molar-refractivity contribution in [2.24, 2.45) is 0 Å². The first-order valence-electron chi connectivity index (χ1n) is 5.62. The third kappa shape index (κ3) is 2.21. The van der Waals surface area contributed by atoms with Crippen molar-refractivity contribution in [2.45, 2.75) is 39.2 Å². The van der Waals surface area contributed by atoms with Gasteiger partial charge in [0.05, 0.1) is 12.3 Å². The zero-order valence-electron chi connectivity index (χ0n) is 9.33. The summed E-state index contributed by atoms with van der Waals surface area (Å²) in [4.78, 5) is 11.3. The molecule has 1 aromatic rings. The van der Waals surface area contributed by atoms with Crippen LogP contribution in [0.15, 0.2) is 0 Å². The molecule has 4 nitrogen and oxygen atoms in total. The molecule has 0 radical (unpaired) electrons. The van der Waals surface area contributed by atoms with Gasteiger partial charge < -0.3 is 4.74 Å². The Morgan fingerprint density at radius 3 is 2.94 bits per heavy atom. The summed E-state index contributed by atoms with van der Waals surface area (Å²) in [6.07, 6.45) is 4.24. The third-order valence-corrected chi connectivity index (χ3v) is 3.16. The number of ether oxygens (including phenoxy) is 1. The van der Waals surface area contributed by atoms with E-state index in [9.17, 15) is 4.79 Å². The van der Waals surface area contributed by atoms with E-state index in [1.807, 2.05) is 0 Å². The molecule has 1 heterocycles. The van der Waals surface area contributed by atoms with Crippen LogP contribution in [-0.4, -0.2) is 22.4 Å². The second-order valence-electron chi connectivity index (χ2n) is 3.89. The number of fused-ring (bicyclic) bond motifs is 1. The van der Waals surface area contributed by atoms with E-state index in [4.69, 9.17) is 16.3 Å². The Morgan fingerprint density at radius 2 is 2.25 bits per heavy atom. The highest BCUT2D eigenvalue weighted by atomic mass is 35.5. The van der Waals surface area contributed by atoms with Gasteiger partial charge in [0.25, 0.3) is 0 Å². The van der Waals surface area contributed by atoms with Crippen molar-refractivity contribution in [2.75, 3.05) is 6.61 Å². The molecule has 2 rings (SSSR count). The van der Waals surface area contributed by atoms with Crippen molar-refractivity contribution in [3.05, 3.63) is 16.4 Å². The van der Waals surface area contributed by atoms with Crippen molar-refractivity contribution in [3.8, 4) is 0 Å². The highest BCUT2D eigenvalue weighted by Gasteiger charge is 2.20. The lowest BCUT2D eigenvalue weighted by Crippen LogP contribution is -2.14. The summed E-state index contributed by atoms with van der Waals surface area (Å²) in [6, 6.07) is 0. The zero-order valence-corrected chi connectivity index (χ0v) is 10.1. The Morgan fingerprint density at radius 1 is 1.50 bits per heavy atom. The minimum absolute atomic E-state index is 0.111. The standard InChI is InChI=1S/C11H15ClN2O2/c1-2-16-10(15)7-14-11(12)8-5-3-4-6-9(8)13-14/h2-7H2,1H3. The summed E-state index contributed by atoms with van der Waals surface area (Å²) < 4.78 is 6.43. The van der Waals surface area contributed by atoms with Gasteiger partial charge in [0.1, 0.15) is 11.7 Å². The van der Waals surface area contributed by atoms with Crippen LogP contribution in [0, 0.1) is 0 Å². The Hall–Kier alpha value is -1.03. The molecule has 1 aliphatic rings. The summed E-state index contributed by atoms with van der Waals surface area (Å²) in [5.74, 6) is -0.288. The fourth-order valence-corrected chi connectivity index (χ4v) is 2.30. The molecule has 0 N–H and O–H groups in total. The lowest BCUT2D eigenvalue weighted by molar-refractivity contribution is -0.144. The van der Waals surface area contributed by atoms with Crippen LogP contribution in [0.25, 0.3) is 0 Å². The van der Waals surface area contributed by atoms with Crippen LogP contribution in [-0.2, 0) is 28.9 Å². The van der Waals surface area contributed by atoms with E-state index >= 15 is 0 Å². The smallest absolute Gasteiger partial charge is 0.327 e. The lowest BCUT2D eigenvalue weighted by atomic mass is 9.99. The molecule has 0 unspecified atom stereocenters. The Balaban J connectivity index is 2.15. The van der Waals surface area contributed by atoms with Gasteiger partial charge in [-0.3, -0.25) is 4.79 Å². The van der Waals surface area contributed by atoms with Gasteiger partial charge in [0.2, 0.25) is 0 Å². The van der Waals surface area contributed by atoms with Crippen molar-refractivity contribution < 1.29 is 9.53 Å². The maximum Gasteiger partial charge on any atom is 0.327 e. The van der Waals surface area contributed by atoms with Crippen molar-refractivity contribution in [1.82, 2.24) is 9.78 Å². The summed E-state index contributed by atoms with van der Waals surface area (Å²) in [5, 5.41) is 4.96. The van der Waals surface area contributed by atoms with E-state index in [1.165, 1.54) is 0 Å². The van der Waals surface area contributed by atoms with E-state index in [0.29, 0.717) is 11.8 Å². The number of halogens is 1. The van der Waals surface area contributed by atoms with Gasteiger partial charge in [-0.2, -0.15) is 5.10 Å². The first kappa shape index (κ1) is 11.5. The zero-order chi connectivity index (χ0) is 11.5. The molecule has 0 atom stereocenters. The van der Waals surface area contributed by atoms with E-state index in [1.54, 1.807) is 11.6 Å². The van der Waals surface area contributed by atoms with Crippen LogP contribution < -0.4 is 0 Å². The van der Waals surface area contributed by atoms with Gasteiger partial charge in [0, 0.05) is 5.56 Å². The molecule has 5 heteroatoms. The molecule has 0 fully saturated rings. The quantitative estimate of drug-likeness (QED) is 0.762. The molecule has 0 saturated heterocycles. The van der Waals surface area contributed by atoms with E-state index in [2.05, 4.69) is 5.10 Å². The number of carbonyl (C=O) groups is 1. The molecule has 88 valence electrons. The number of hydrogen-bond acceptors (Lipinski definition) is 3. The second kappa shape index (κ2) is 4.87. The molecular formula is C11H15ClN2O2. The first-order valence-corrected chi connectivity index (χ1v) is 6.00. The summed E-state index contributed by atoms with van der Waals surface area (Å²) in [6.45, 7) is 2.28. The van der Waals surface area contributed by atoms with Crippen LogP contribution in [0.5, 0.6) is 0 Å². The van der Waals surface area contributed by atoms with Gasteiger partial charge in [-0.05, 0) is 32.6 Å². The molecule has 1 aromatic heterocycles. The van der Waals surface area contributed by atoms with E-state index < -0.39 is 0 Å². The SMILES string of the molecule is CCOC(=O)Cn1nc2c(c1Cl)CCCC2. The highest BCUT2D eigenvalue weighted by Crippen LogP contribution is 2.27. The number of rotatable bonds is 3. The van der Waals surface area contributed by atoms with Gasteiger partial charge >= 0.3 is 5.97 Å². The summed E-state index contributed by atoms with van der Waals surface area (Å²) in [5.41, 5.74) is 2.15. The van der Waals surface area contributed by atoms with Crippen LogP contribution >= 0.6 is 11.6 Å². The molecule has 0 aliphatic heterocycles. The maximum absolute atomic E-state index is 11.3. The number of esters is 1. The molecule has 0 spiro atoms. The Bertz CT molecular complexity index is 401. The van der Waals surface area contributed by atoms with Crippen molar-refractivity contribution in [3.63, 3.8) is 0 Å². The van der Waals surface area contributed by atoms with Gasteiger partial charge in [-0.25, -0.2) is 4.68 Å². The molecule has 0 amide bonds. The molecular weight excluding hydrogens is 228 g/mol. The minimum Gasteiger partial charge on any atom is -0.465 e. The summed E-state index contributed by atoms with van der Waals surface area (Å²) >= 11 is 6.18. The topological polar surface area (TPSA) is 44.1 Å². The predicted molar refractivity (Wildman–Crippen MR) is 60.5 cm³/mol. The largest absolute Gasteiger partial charge is 0.465 e. The number of carbonyl (C=O) groups excluding carboxylic acids is 1.